The van der Waals surface area contributed by atoms with E-state index in [1.807, 2.05) is 32.0 Å². The Hall–Kier alpha value is -3.51. The number of carboxylic acids is 2. The molecule has 11 nitrogen and oxygen atoms in total. The van der Waals surface area contributed by atoms with Crippen LogP contribution >= 0.6 is 0 Å². The van der Waals surface area contributed by atoms with E-state index < -0.39 is 36.1 Å². The maximum absolute atomic E-state index is 13.8. The van der Waals surface area contributed by atoms with Gasteiger partial charge in [-0.3, -0.25) is 19.4 Å². The predicted octanol–water partition coefficient (Wildman–Crippen LogP) is 1.79. The number of anilines is 1. The molecule has 0 aromatic heterocycles. The minimum atomic E-state index is -1.42. The Balaban J connectivity index is 0.000000482. The molecular formula is C28H38FN3O8. The number of nitrogens with zero attached hydrogens (tertiary/aromatic N) is 3. The average molecular weight is 564 g/mol. The first-order valence-corrected chi connectivity index (χ1v) is 13.5. The van der Waals surface area contributed by atoms with Crippen molar-refractivity contribution in [2.45, 2.75) is 51.5 Å². The van der Waals surface area contributed by atoms with Gasteiger partial charge in [0, 0.05) is 44.9 Å². The number of aliphatic hydroxyl groups excluding tert-OH is 1. The number of likely N-dealkylation sites (tertiary alicyclic amines) is 1. The highest BCUT2D eigenvalue weighted by molar-refractivity contribution is 6.05. The number of hydrogen-bond donors (Lipinski definition) is 3. The van der Waals surface area contributed by atoms with Crippen molar-refractivity contribution in [2.24, 2.45) is 11.8 Å². The van der Waals surface area contributed by atoms with Crippen LogP contribution in [0, 0.1) is 11.8 Å². The molecule has 4 unspecified atom stereocenters. The quantitative estimate of drug-likeness (QED) is 0.300. The number of aliphatic carboxylic acids is 2. The largest absolute Gasteiger partial charge is 0.489 e. The summed E-state index contributed by atoms with van der Waals surface area (Å²) >= 11 is 0. The van der Waals surface area contributed by atoms with Crippen LogP contribution in [0.2, 0.25) is 0 Å². The fourth-order valence-corrected chi connectivity index (χ4v) is 5.29. The number of para-hydroxylation sites is 2. The lowest BCUT2D eigenvalue weighted by atomic mass is 9.78. The molecule has 2 amide bonds. The summed E-state index contributed by atoms with van der Waals surface area (Å²) in [5.41, 5.74) is 1.12. The van der Waals surface area contributed by atoms with E-state index in [1.165, 1.54) is 4.90 Å². The summed E-state index contributed by atoms with van der Waals surface area (Å²) < 4.78 is 19.8. The Morgan fingerprint density at radius 1 is 0.975 bits per heavy atom. The molecule has 3 fully saturated rings. The summed E-state index contributed by atoms with van der Waals surface area (Å²) in [5, 5.41) is 25.4. The lowest BCUT2D eigenvalue weighted by molar-refractivity contribution is -0.140. The van der Waals surface area contributed by atoms with Crippen LogP contribution in [0.15, 0.2) is 36.4 Å². The Morgan fingerprint density at radius 2 is 1.55 bits per heavy atom. The van der Waals surface area contributed by atoms with Gasteiger partial charge in [0.1, 0.15) is 11.9 Å². The number of carbonyl (C=O) groups is 4. The van der Waals surface area contributed by atoms with Gasteiger partial charge in [-0.05, 0) is 51.8 Å². The highest BCUT2D eigenvalue weighted by Crippen LogP contribution is 2.39. The summed E-state index contributed by atoms with van der Waals surface area (Å²) in [7, 11) is 0. The topological polar surface area (TPSA) is 148 Å². The Kier molecular flexibility index (Phi) is 11.0. The first kappa shape index (κ1) is 31.0. The van der Waals surface area contributed by atoms with Gasteiger partial charge in [-0.2, -0.15) is 0 Å². The van der Waals surface area contributed by atoms with Gasteiger partial charge in [0.05, 0.1) is 29.7 Å². The number of piperazine rings is 1. The van der Waals surface area contributed by atoms with Crippen LogP contribution in [-0.4, -0.2) is 107 Å². The van der Waals surface area contributed by atoms with Crippen LogP contribution in [0.5, 0.6) is 5.75 Å². The number of ether oxygens (including phenoxy) is 1. The van der Waals surface area contributed by atoms with Gasteiger partial charge in [0.25, 0.3) is 0 Å². The van der Waals surface area contributed by atoms with Gasteiger partial charge in [-0.25, -0.2) is 14.0 Å². The molecule has 220 valence electrons. The van der Waals surface area contributed by atoms with Gasteiger partial charge in [0.15, 0.2) is 0 Å². The van der Waals surface area contributed by atoms with Crippen LogP contribution < -0.4 is 9.64 Å². The summed E-state index contributed by atoms with van der Waals surface area (Å²) in [5.74, 6) is -3.26. The number of benzene rings is 1. The maximum atomic E-state index is 13.8. The van der Waals surface area contributed by atoms with Gasteiger partial charge in [-0.1, -0.05) is 12.1 Å². The molecule has 4 atom stereocenters. The van der Waals surface area contributed by atoms with Crippen LogP contribution in [-0.2, 0) is 19.2 Å². The third-order valence-corrected chi connectivity index (χ3v) is 7.21. The van der Waals surface area contributed by atoms with E-state index in [2.05, 4.69) is 15.9 Å². The molecule has 0 bridgehead atoms. The molecule has 2 saturated heterocycles. The van der Waals surface area contributed by atoms with Crippen molar-refractivity contribution >= 4 is 29.4 Å². The van der Waals surface area contributed by atoms with E-state index in [0.717, 1.165) is 44.2 Å². The van der Waals surface area contributed by atoms with Gasteiger partial charge in [0.2, 0.25) is 11.8 Å². The normalized spacial score (nSPS) is 25.1. The zero-order chi connectivity index (χ0) is 29.4. The molecule has 0 radical (unpaired) electrons. The van der Waals surface area contributed by atoms with Crippen LogP contribution in [0.3, 0.4) is 0 Å². The Morgan fingerprint density at radius 3 is 2.12 bits per heavy atom. The second-order valence-corrected chi connectivity index (χ2v) is 10.4. The number of rotatable bonds is 9. The molecule has 1 aliphatic carbocycles. The van der Waals surface area contributed by atoms with Crippen molar-refractivity contribution in [2.75, 3.05) is 44.2 Å². The summed E-state index contributed by atoms with van der Waals surface area (Å²) in [6.07, 6.45) is -0.610. The lowest BCUT2D eigenvalue weighted by Crippen LogP contribution is -2.47. The van der Waals surface area contributed by atoms with Crippen molar-refractivity contribution < 1.29 is 43.6 Å². The van der Waals surface area contributed by atoms with Gasteiger partial charge < -0.3 is 25.0 Å². The van der Waals surface area contributed by atoms with E-state index in [1.54, 1.807) is 0 Å². The predicted molar refractivity (Wildman–Crippen MR) is 144 cm³/mol. The number of amides is 2. The minimum Gasteiger partial charge on any atom is -0.489 e. The number of hydrogen-bond acceptors (Lipinski definition) is 8. The molecule has 1 aromatic rings. The van der Waals surface area contributed by atoms with Crippen LogP contribution in [0.4, 0.5) is 10.1 Å². The lowest BCUT2D eigenvalue weighted by Gasteiger charge is -2.37. The Labute approximate surface area is 232 Å². The van der Waals surface area contributed by atoms with Crippen LogP contribution in [0.25, 0.3) is 0 Å². The summed E-state index contributed by atoms with van der Waals surface area (Å²) in [4.78, 5) is 50.3. The zero-order valence-corrected chi connectivity index (χ0v) is 22.8. The average Bonchev–Trinajstić information content (AvgIpc) is 3.12. The van der Waals surface area contributed by atoms with E-state index in [0.29, 0.717) is 25.1 Å². The molecule has 4 rings (SSSR count). The van der Waals surface area contributed by atoms with E-state index in [-0.39, 0.29) is 30.8 Å². The molecule has 1 saturated carbocycles. The van der Waals surface area contributed by atoms with Gasteiger partial charge in [-0.15, -0.1) is 0 Å². The summed E-state index contributed by atoms with van der Waals surface area (Å²) in [6, 6.07) is 8.12. The smallest absolute Gasteiger partial charge is 0.328 e. The zero-order valence-electron chi connectivity index (χ0n) is 22.8. The van der Waals surface area contributed by atoms with E-state index in [4.69, 9.17) is 14.9 Å². The Bertz CT molecular complexity index is 1050. The number of aliphatic hydroxyl groups is 1. The van der Waals surface area contributed by atoms with E-state index in [9.17, 15) is 28.7 Å². The van der Waals surface area contributed by atoms with Crippen LogP contribution in [0.1, 0.15) is 33.1 Å². The van der Waals surface area contributed by atoms with Crippen molar-refractivity contribution in [3.63, 3.8) is 0 Å². The highest BCUT2D eigenvalue weighted by atomic mass is 19.1. The number of fused-ring (bicyclic) bond motifs is 1. The highest BCUT2D eigenvalue weighted by Gasteiger charge is 2.52. The van der Waals surface area contributed by atoms with E-state index >= 15 is 0 Å². The SMILES string of the molecule is CC(C)Oc1ccccc1N1CCN(CCCN2C(=O)C3CC(O)C(F)CC3C2=O)CC1.O=C(O)/C=C\C(=O)O. The molecule has 2 heterocycles. The fourth-order valence-electron chi connectivity index (χ4n) is 5.29. The molecule has 2 aliphatic heterocycles. The number of halogens is 1. The van der Waals surface area contributed by atoms with Gasteiger partial charge >= 0.3 is 11.9 Å². The number of imide groups is 1. The maximum Gasteiger partial charge on any atom is 0.328 e. The molecule has 3 aliphatic rings. The van der Waals surface area contributed by atoms with Crippen molar-refractivity contribution in [3.8, 4) is 5.75 Å². The first-order valence-electron chi connectivity index (χ1n) is 13.5. The number of alkyl halides is 1. The fraction of sp³-hybridized carbons (Fsp3) is 0.571. The molecule has 3 N–H and O–H groups in total. The summed E-state index contributed by atoms with van der Waals surface area (Å²) in [6.45, 7) is 8.80. The molecule has 0 spiro atoms. The number of carboxylic acid groups (broad SMARTS) is 2. The van der Waals surface area contributed by atoms with Crippen molar-refractivity contribution in [1.29, 1.82) is 0 Å². The second-order valence-electron chi connectivity index (χ2n) is 10.4. The minimum absolute atomic E-state index is 0.0448. The molecule has 40 heavy (non-hydrogen) atoms. The second kappa shape index (κ2) is 14.2. The number of carbonyl (C=O) groups excluding carboxylic acids is 2. The third kappa shape index (κ3) is 8.25. The molecule has 12 heteroatoms. The monoisotopic (exact) mass is 563 g/mol. The van der Waals surface area contributed by atoms with Crippen molar-refractivity contribution in [1.82, 2.24) is 9.80 Å². The molecular weight excluding hydrogens is 525 g/mol. The molecule has 1 aromatic carbocycles. The standard InChI is InChI=1S/C24H34FN3O4.C4H4O4/c1-16(2)32-22-7-4-3-6-20(22)27-12-10-26(11-13-27)8-5-9-28-23(30)17-14-19(25)21(29)15-18(17)24(28)31;5-3(6)1-2-4(7)8/h3-4,6-7,16-19,21,29H,5,8-15H2,1-2H3;1-2H,(H,5,6)(H,7,8)/b;2-1-. The first-order chi connectivity index (χ1) is 19.0. The van der Waals surface area contributed by atoms with Crippen molar-refractivity contribution in [3.05, 3.63) is 36.4 Å². The third-order valence-electron chi connectivity index (χ3n) is 7.21.